The summed E-state index contributed by atoms with van der Waals surface area (Å²) in [5.74, 6) is -6.86. The third-order valence-corrected chi connectivity index (χ3v) is 6.86. The van der Waals surface area contributed by atoms with Crippen LogP contribution in [0, 0.1) is 10.8 Å². The van der Waals surface area contributed by atoms with Crippen molar-refractivity contribution in [3.8, 4) is 34.5 Å². The van der Waals surface area contributed by atoms with Crippen LogP contribution >= 0.6 is 0 Å². The molecule has 11 nitrogen and oxygen atoms in total. The minimum Gasteiger partial charge on any atom is -0.507 e. The lowest BCUT2D eigenvalue weighted by atomic mass is 9.76. The van der Waals surface area contributed by atoms with E-state index in [-0.39, 0.29) is 33.8 Å². The number of aromatic hydroxyl groups is 2. The Balaban J connectivity index is 1.94. The van der Waals surface area contributed by atoms with Gasteiger partial charge in [-0.25, -0.2) is 9.59 Å². The summed E-state index contributed by atoms with van der Waals surface area (Å²) in [7, 11) is 0. The molecule has 0 saturated carbocycles. The van der Waals surface area contributed by atoms with Crippen LogP contribution in [0.25, 0.3) is 0 Å². The minimum absolute atomic E-state index is 0.0182. The van der Waals surface area contributed by atoms with E-state index in [0.29, 0.717) is 0 Å². The van der Waals surface area contributed by atoms with E-state index in [1.54, 1.807) is 59.7 Å². The first-order chi connectivity index (χ1) is 19.5. The van der Waals surface area contributed by atoms with Crippen LogP contribution in [0.5, 0.6) is 34.5 Å². The Bertz CT molecular complexity index is 1710. The molecule has 1 unspecified atom stereocenters. The monoisotopic (exact) mass is 576 g/mol. The number of fused-ring (bicyclic) bond motifs is 6. The first kappa shape index (κ1) is 28.5. The fourth-order valence-electron chi connectivity index (χ4n) is 4.71. The van der Waals surface area contributed by atoms with Gasteiger partial charge >= 0.3 is 23.9 Å². The van der Waals surface area contributed by atoms with Gasteiger partial charge in [-0.1, -0.05) is 18.2 Å². The minimum atomic E-state index is -2.02. The van der Waals surface area contributed by atoms with E-state index in [0.717, 1.165) is 12.1 Å². The predicted molar refractivity (Wildman–Crippen MR) is 145 cm³/mol. The lowest BCUT2D eigenvalue weighted by molar-refractivity contribution is -0.146. The molecule has 0 aliphatic carbocycles. The highest BCUT2D eigenvalue weighted by molar-refractivity contribution is 6.00. The van der Waals surface area contributed by atoms with Crippen molar-refractivity contribution in [2.24, 2.45) is 10.8 Å². The van der Waals surface area contributed by atoms with Gasteiger partial charge in [0.2, 0.25) is 5.75 Å². The summed E-state index contributed by atoms with van der Waals surface area (Å²) in [6, 6.07) is 9.75. The molecule has 1 spiro atoms. The molecule has 5 rings (SSSR count). The summed E-state index contributed by atoms with van der Waals surface area (Å²) in [6.45, 7) is 9.50. The summed E-state index contributed by atoms with van der Waals surface area (Å²) < 4.78 is 23.5. The Morgan fingerprint density at radius 1 is 0.810 bits per heavy atom. The molecule has 2 aliphatic rings. The van der Waals surface area contributed by atoms with Crippen molar-refractivity contribution < 1.29 is 53.4 Å². The normalized spacial score (nSPS) is 17.0. The summed E-state index contributed by atoms with van der Waals surface area (Å²) in [5.41, 5.74) is -4.58. The summed E-state index contributed by atoms with van der Waals surface area (Å²) >= 11 is 0. The number of benzene rings is 3. The largest absolute Gasteiger partial charge is 0.507 e. The second kappa shape index (κ2) is 9.23. The molecular weight excluding hydrogens is 548 g/mol. The zero-order valence-corrected chi connectivity index (χ0v) is 23.6. The number of phenols is 2. The molecule has 0 radical (unpaired) electrons. The average Bonchev–Trinajstić information content (AvgIpc) is 3.16. The number of hydrogen-bond donors (Lipinski definition) is 3. The molecule has 3 aromatic rings. The van der Waals surface area contributed by atoms with Gasteiger partial charge in [0.25, 0.3) is 0 Å². The molecule has 0 saturated heterocycles. The number of hydrogen-bond acceptors (Lipinski definition) is 10. The van der Waals surface area contributed by atoms with Crippen molar-refractivity contribution in [3.05, 3.63) is 70.3 Å². The van der Waals surface area contributed by atoms with Gasteiger partial charge in [-0.3, -0.25) is 9.59 Å². The smallest absolute Gasteiger partial charge is 0.343 e. The number of ether oxygens (including phenoxy) is 4. The van der Waals surface area contributed by atoms with E-state index in [2.05, 4.69) is 0 Å². The second-order valence-electron chi connectivity index (χ2n) is 12.1. The van der Waals surface area contributed by atoms with Crippen molar-refractivity contribution >= 4 is 23.9 Å². The summed E-state index contributed by atoms with van der Waals surface area (Å²) in [6.07, 6.45) is 0. The molecule has 3 aromatic carbocycles. The van der Waals surface area contributed by atoms with Crippen LogP contribution in [0.15, 0.2) is 42.5 Å². The van der Waals surface area contributed by atoms with E-state index in [9.17, 15) is 34.5 Å². The van der Waals surface area contributed by atoms with Gasteiger partial charge in [0.15, 0.2) is 22.8 Å². The van der Waals surface area contributed by atoms with E-state index in [1.807, 2.05) is 0 Å². The van der Waals surface area contributed by atoms with E-state index in [1.165, 1.54) is 12.1 Å². The maximum absolute atomic E-state index is 13.3. The van der Waals surface area contributed by atoms with E-state index < -0.39 is 68.9 Å². The number of carboxylic acid groups (broad SMARTS) is 1. The van der Waals surface area contributed by atoms with Crippen LogP contribution in [0.1, 0.15) is 78.9 Å². The Hall–Kier alpha value is -5.06. The number of carbonyl (C=O) groups is 4. The third kappa shape index (κ3) is 4.20. The molecule has 3 N–H and O–H groups in total. The van der Waals surface area contributed by atoms with Crippen molar-refractivity contribution in [1.82, 2.24) is 0 Å². The first-order valence-electron chi connectivity index (χ1n) is 12.9. The SMILES string of the molecule is CC(C)(C)C(=O)Oc1c(O)cc2c(c1OC(=O)C(C)(C)C)C1(OC(=O)c3ccccc31)c1ccc(O)c(C(=O)O)c1O2. The second-order valence-corrected chi connectivity index (χ2v) is 12.1. The fraction of sp³-hybridized carbons (Fsp3) is 0.290. The maximum atomic E-state index is 13.3. The van der Waals surface area contributed by atoms with E-state index >= 15 is 0 Å². The molecule has 1 atom stereocenters. The highest BCUT2D eigenvalue weighted by Gasteiger charge is 2.57. The number of rotatable bonds is 3. The Morgan fingerprint density at radius 2 is 1.40 bits per heavy atom. The standard InChI is InChI=1S/C31H28O11/c1-29(2,3)27(37)40-23-18(33)13-19-21(24(23)41-28(38)30(4,5)6)31(15-10-8-7-9-14(15)26(36)42-31)16-11-12-17(32)20(25(34)35)22(16)39-19/h7-13,32-33H,1-6H3,(H,34,35). The number of carboxylic acids is 1. The van der Waals surface area contributed by atoms with Crippen LogP contribution < -0.4 is 14.2 Å². The molecule has 0 amide bonds. The van der Waals surface area contributed by atoms with E-state index in [4.69, 9.17) is 18.9 Å². The summed E-state index contributed by atoms with van der Waals surface area (Å²) in [5, 5.41) is 31.5. The highest BCUT2D eigenvalue weighted by atomic mass is 16.6. The van der Waals surface area contributed by atoms with Crippen molar-refractivity contribution in [1.29, 1.82) is 0 Å². The molecule has 218 valence electrons. The van der Waals surface area contributed by atoms with Crippen LogP contribution in [-0.2, 0) is 19.9 Å². The molecule has 0 fully saturated rings. The van der Waals surface area contributed by atoms with Gasteiger partial charge in [-0.05, 0) is 59.7 Å². The molecule has 2 aliphatic heterocycles. The van der Waals surface area contributed by atoms with Crippen molar-refractivity contribution in [2.75, 3.05) is 0 Å². The molecular formula is C31H28O11. The number of aromatic carboxylic acids is 1. The molecule has 0 aromatic heterocycles. The lowest BCUT2D eigenvalue weighted by Crippen LogP contribution is -2.36. The van der Waals surface area contributed by atoms with Gasteiger partial charge in [-0.2, -0.15) is 0 Å². The maximum Gasteiger partial charge on any atom is 0.343 e. The zero-order valence-electron chi connectivity index (χ0n) is 23.6. The van der Waals surface area contributed by atoms with Crippen LogP contribution in [0.2, 0.25) is 0 Å². The lowest BCUT2D eigenvalue weighted by Gasteiger charge is -2.38. The van der Waals surface area contributed by atoms with Crippen LogP contribution in [-0.4, -0.2) is 39.2 Å². The predicted octanol–water partition coefficient (Wildman–Crippen LogP) is 5.27. The highest BCUT2D eigenvalue weighted by Crippen LogP contribution is 2.63. The van der Waals surface area contributed by atoms with Crippen molar-refractivity contribution in [2.45, 2.75) is 47.1 Å². The Labute approximate surface area is 240 Å². The molecule has 11 heteroatoms. The zero-order chi connectivity index (χ0) is 30.9. The number of phenolic OH excluding ortho intramolecular Hbond substituents is 1. The number of carbonyl (C=O) groups excluding carboxylic acids is 3. The Morgan fingerprint density at radius 3 is 2.00 bits per heavy atom. The molecule has 0 bridgehead atoms. The van der Waals surface area contributed by atoms with Gasteiger partial charge in [0, 0.05) is 17.2 Å². The fourth-order valence-corrected chi connectivity index (χ4v) is 4.71. The topological polar surface area (TPSA) is 166 Å². The quantitative estimate of drug-likeness (QED) is 0.275. The van der Waals surface area contributed by atoms with Crippen molar-refractivity contribution in [3.63, 3.8) is 0 Å². The van der Waals surface area contributed by atoms with Crippen LogP contribution in [0.4, 0.5) is 0 Å². The van der Waals surface area contributed by atoms with Gasteiger partial charge in [0.05, 0.1) is 22.0 Å². The van der Waals surface area contributed by atoms with Gasteiger partial charge < -0.3 is 34.3 Å². The summed E-state index contributed by atoms with van der Waals surface area (Å²) in [4.78, 5) is 51.9. The molecule has 2 heterocycles. The first-order valence-corrected chi connectivity index (χ1v) is 12.9. The molecule has 42 heavy (non-hydrogen) atoms. The van der Waals surface area contributed by atoms with Crippen LogP contribution in [0.3, 0.4) is 0 Å². The Kier molecular flexibility index (Phi) is 6.26. The third-order valence-electron chi connectivity index (χ3n) is 6.86. The number of esters is 3. The average molecular weight is 577 g/mol. The van der Waals surface area contributed by atoms with Gasteiger partial charge in [-0.15, -0.1) is 0 Å². The van der Waals surface area contributed by atoms with Gasteiger partial charge in [0.1, 0.15) is 17.1 Å².